The highest BCUT2D eigenvalue weighted by Gasteiger charge is 2.47. The van der Waals surface area contributed by atoms with Crippen molar-refractivity contribution in [2.24, 2.45) is 11.8 Å². The largest absolute Gasteiger partial charge is 0.481 e. The topological polar surface area (TPSA) is 67.8 Å². The molecular weight excluding hydrogens is 398 g/mol. The fourth-order valence-corrected chi connectivity index (χ4v) is 5.69. The van der Waals surface area contributed by atoms with E-state index in [9.17, 15) is 4.79 Å². The fourth-order valence-electron chi connectivity index (χ4n) is 5.44. The van der Waals surface area contributed by atoms with Gasteiger partial charge in [-0.15, -0.1) is 0 Å². The second kappa shape index (κ2) is 12.7. The molecule has 30 heavy (non-hydrogen) atoms. The molecule has 4 atom stereocenters. The van der Waals surface area contributed by atoms with Crippen LogP contribution >= 0.6 is 12.2 Å². The summed E-state index contributed by atoms with van der Waals surface area (Å²) in [4.78, 5) is 10.6. The van der Waals surface area contributed by atoms with Crippen molar-refractivity contribution in [2.75, 3.05) is 6.61 Å². The van der Waals surface area contributed by atoms with Gasteiger partial charge in [0.15, 0.2) is 0 Å². The number of carboxylic acid groups (broad SMARTS) is 1. The smallest absolute Gasteiger partial charge is 0.303 e. The summed E-state index contributed by atoms with van der Waals surface area (Å²) < 4.78 is 12.0. The predicted octanol–water partition coefficient (Wildman–Crippen LogP) is 5.38. The van der Waals surface area contributed by atoms with Gasteiger partial charge in [0.1, 0.15) is 0 Å². The number of unbranched alkanes of at least 4 members (excludes halogenated alkanes) is 2. The maximum atomic E-state index is 10.6. The number of nitrogens with one attached hydrogen (secondary N) is 1. The number of fused-ring (bicyclic) bond motifs is 2. The minimum absolute atomic E-state index is 0.256. The zero-order chi connectivity index (χ0) is 21.2. The lowest BCUT2D eigenvalue weighted by Gasteiger charge is -2.27. The highest BCUT2D eigenvalue weighted by atomic mass is 32.1. The van der Waals surface area contributed by atoms with Crippen molar-refractivity contribution in [2.45, 2.75) is 108 Å². The molecule has 0 spiro atoms. The monoisotopic (exact) mass is 437 g/mol. The second-order valence-electron chi connectivity index (χ2n) is 9.22. The Morgan fingerprint density at radius 2 is 1.80 bits per heavy atom. The Morgan fingerprint density at radius 3 is 2.57 bits per heavy atom. The van der Waals surface area contributed by atoms with Crippen LogP contribution in [0.3, 0.4) is 0 Å². The van der Waals surface area contributed by atoms with E-state index in [2.05, 4.69) is 17.5 Å². The van der Waals surface area contributed by atoms with Crippen molar-refractivity contribution < 1.29 is 19.4 Å². The SMILES string of the molecule is O=C(O)CCCC=CC[C@@H]1[C@H](CCCCOC(=S)NC2CCCCC2)[C@@H]2CC[C@H]1O2. The number of thiocarbonyl (C=S) groups is 1. The number of rotatable bonds is 12. The molecule has 1 aliphatic carbocycles. The van der Waals surface area contributed by atoms with Gasteiger partial charge in [0.05, 0.1) is 18.8 Å². The maximum absolute atomic E-state index is 10.6. The minimum atomic E-state index is -0.709. The highest BCUT2D eigenvalue weighted by molar-refractivity contribution is 7.80. The van der Waals surface area contributed by atoms with Crippen LogP contribution in [-0.4, -0.2) is 41.1 Å². The summed E-state index contributed by atoms with van der Waals surface area (Å²) in [6, 6.07) is 0.510. The lowest BCUT2D eigenvalue weighted by atomic mass is 9.75. The lowest BCUT2D eigenvalue weighted by molar-refractivity contribution is -0.137. The van der Waals surface area contributed by atoms with Crippen LogP contribution < -0.4 is 5.32 Å². The molecule has 2 bridgehead atoms. The van der Waals surface area contributed by atoms with Crippen molar-refractivity contribution in [3.63, 3.8) is 0 Å². The average Bonchev–Trinajstić information content (AvgIpc) is 3.33. The Labute approximate surface area is 187 Å². The molecule has 6 heteroatoms. The van der Waals surface area contributed by atoms with Crippen molar-refractivity contribution >= 4 is 23.4 Å². The lowest BCUT2D eigenvalue weighted by Crippen LogP contribution is -2.36. The normalized spacial score (nSPS) is 28.8. The molecule has 3 rings (SSSR count). The molecule has 0 aromatic heterocycles. The molecule has 0 amide bonds. The van der Waals surface area contributed by atoms with E-state index in [4.69, 9.17) is 26.8 Å². The Morgan fingerprint density at radius 1 is 1.03 bits per heavy atom. The third-order valence-electron chi connectivity index (χ3n) is 7.02. The van der Waals surface area contributed by atoms with Crippen molar-refractivity contribution in [1.82, 2.24) is 5.32 Å². The summed E-state index contributed by atoms with van der Waals surface area (Å²) in [5, 5.41) is 12.7. The second-order valence-corrected chi connectivity index (χ2v) is 9.59. The van der Waals surface area contributed by atoms with Crippen LogP contribution in [0.1, 0.15) is 89.9 Å². The summed E-state index contributed by atoms with van der Waals surface area (Å²) in [7, 11) is 0. The molecule has 2 saturated heterocycles. The van der Waals surface area contributed by atoms with Gasteiger partial charge in [-0.2, -0.15) is 0 Å². The molecule has 0 aromatic carbocycles. The molecule has 2 heterocycles. The first-order valence-corrected chi connectivity index (χ1v) is 12.5. The van der Waals surface area contributed by atoms with Gasteiger partial charge < -0.3 is 19.9 Å². The summed E-state index contributed by atoms with van der Waals surface area (Å²) in [5.41, 5.74) is 0. The molecular formula is C24H39NO4S. The maximum Gasteiger partial charge on any atom is 0.303 e. The number of hydrogen-bond acceptors (Lipinski definition) is 4. The number of carbonyl (C=O) groups is 1. The number of hydrogen-bond donors (Lipinski definition) is 2. The average molecular weight is 438 g/mol. The fraction of sp³-hybridized carbons (Fsp3) is 0.833. The Balaban J connectivity index is 1.29. The van der Waals surface area contributed by atoms with Crippen LogP contribution in [0.25, 0.3) is 0 Å². The zero-order valence-corrected chi connectivity index (χ0v) is 19.0. The highest BCUT2D eigenvalue weighted by Crippen LogP contribution is 2.47. The summed E-state index contributed by atoms with van der Waals surface area (Å²) in [5.74, 6) is 0.564. The Bertz CT molecular complexity index is 576. The third-order valence-corrected chi connectivity index (χ3v) is 7.25. The summed E-state index contributed by atoms with van der Waals surface area (Å²) in [6.45, 7) is 0.703. The van der Waals surface area contributed by atoms with Gasteiger partial charge in [0.25, 0.3) is 5.17 Å². The standard InChI is InChI=1S/C24H39NO4S/c26-23(27)14-7-2-1-6-12-19-20(22-16-15-21(19)29-22)13-8-9-17-28-24(30)25-18-10-4-3-5-11-18/h1,6,18-22H,2-5,7-17H2,(H,25,30)(H,26,27)/t19-,20+,21-,22+/m1/s1. The first kappa shape index (κ1) is 23.5. The molecule has 1 saturated carbocycles. The molecule has 3 aliphatic rings. The van der Waals surface area contributed by atoms with Gasteiger partial charge in [-0.05, 0) is 88.3 Å². The molecule has 0 radical (unpaired) electrons. The van der Waals surface area contributed by atoms with Crippen molar-refractivity contribution in [1.29, 1.82) is 0 Å². The van der Waals surface area contributed by atoms with E-state index >= 15 is 0 Å². The van der Waals surface area contributed by atoms with E-state index < -0.39 is 5.97 Å². The number of ether oxygens (including phenoxy) is 2. The third kappa shape index (κ3) is 7.52. The van der Waals surface area contributed by atoms with E-state index in [-0.39, 0.29) is 6.42 Å². The van der Waals surface area contributed by atoms with Crippen LogP contribution in [0, 0.1) is 11.8 Å². The first-order chi connectivity index (χ1) is 14.6. The molecule has 0 aromatic rings. The summed E-state index contributed by atoms with van der Waals surface area (Å²) in [6.07, 6.45) is 20.3. The predicted molar refractivity (Wildman–Crippen MR) is 123 cm³/mol. The molecule has 3 fully saturated rings. The summed E-state index contributed by atoms with van der Waals surface area (Å²) >= 11 is 5.35. The molecule has 2 aliphatic heterocycles. The Hall–Kier alpha value is -1.14. The van der Waals surface area contributed by atoms with Crippen LogP contribution in [0.5, 0.6) is 0 Å². The van der Waals surface area contributed by atoms with Crippen LogP contribution in [0.15, 0.2) is 12.2 Å². The van der Waals surface area contributed by atoms with E-state index in [0.717, 1.165) is 32.1 Å². The quantitative estimate of drug-likeness (QED) is 0.243. The van der Waals surface area contributed by atoms with Crippen LogP contribution in [0.4, 0.5) is 0 Å². The van der Waals surface area contributed by atoms with Gasteiger partial charge >= 0.3 is 5.97 Å². The van der Waals surface area contributed by atoms with E-state index in [1.54, 1.807) is 0 Å². The van der Waals surface area contributed by atoms with E-state index in [1.807, 2.05) is 0 Å². The van der Waals surface area contributed by atoms with Gasteiger partial charge in [-0.3, -0.25) is 4.79 Å². The number of aliphatic carboxylic acids is 1. The van der Waals surface area contributed by atoms with Crippen LogP contribution in [-0.2, 0) is 14.3 Å². The van der Waals surface area contributed by atoms with Crippen molar-refractivity contribution in [3.05, 3.63) is 12.2 Å². The van der Waals surface area contributed by atoms with Gasteiger partial charge in [0.2, 0.25) is 0 Å². The molecule has 5 nitrogen and oxygen atoms in total. The zero-order valence-electron chi connectivity index (χ0n) is 18.2. The first-order valence-electron chi connectivity index (χ1n) is 12.1. The van der Waals surface area contributed by atoms with Gasteiger partial charge in [-0.1, -0.05) is 31.4 Å². The van der Waals surface area contributed by atoms with Crippen LogP contribution in [0.2, 0.25) is 0 Å². The van der Waals surface area contributed by atoms with Gasteiger partial charge in [0, 0.05) is 12.5 Å². The molecule has 2 N–H and O–H groups in total. The minimum Gasteiger partial charge on any atom is -0.481 e. The molecule has 170 valence electrons. The van der Waals surface area contributed by atoms with Crippen molar-refractivity contribution in [3.8, 4) is 0 Å². The number of carboxylic acids is 1. The Kier molecular flexibility index (Phi) is 9.92. The number of allylic oxidation sites excluding steroid dienone is 2. The van der Waals surface area contributed by atoms with Gasteiger partial charge in [-0.25, -0.2) is 0 Å². The van der Waals surface area contributed by atoms with E-state index in [1.165, 1.54) is 51.4 Å². The molecule has 0 unspecified atom stereocenters. The van der Waals surface area contributed by atoms with E-state index in [0.29, 0.717) is 41.9 Å².